The number of likely N-dealkylation sites (N-methyl/N-ethyl adjacent to an activating group) is 1. The number of aromatic nitrogens is 2. The van der Waals surface area contributed by atoms with E-state index in [1.54, 1.807) is 37.3 Å². The van der Waals surface area contributed by atoms with E-state index in [1.165, 1.54) is 6.20 Å². The molecular weight excluding hydrogens is 408 g/mol. The van der Waals surface area contributed by atoms with Crippen molar-refractivity contribution in [1.82, 2.24) is 19.8 Å². The molecule has 0 aliphatic rings. The average molecular weight is 443 g/mol. The van der Waals surface area contributed by atoms with E-state index >= 15 is 0 Å². The summed E-state index contributed by atoms with van der Waals surface area (Å²) < 4.78 is 10.6. The van der Waals surface area contributed by atoms with Crippen molar-refractivity contribution in [1.29, 1.82) is 0 Å². The Morgan fingerprint density at radius 2 is 1.75 bits per heavy atom. The van der Waals surface area contributed by atoms with Gasteiger partial charge in [-0.2, -0.15) is 0 Å². The van der Waals surface area contributed by atoms with Crippen molar-refractivity contribution in [2.24, 2.45) is 0 Å². The molecule has 0 aliphatic heterocycles. The van der Waals surface area contributed by atoms with Gasteiger partial charge in [0.1, 0.15) is 5.69 Å². The van der Waals surface area contributed by atoms with Crippen LogP contribution in [0.3, 0.4) is 0 Å². The molecule has 2 amide bonds. The van der Waals surface area contributed by atoms with Crippen molar-refractivity contribution in [2.45, 2.75) is 39.5 Å². The second-order valence-electron chi connectivity index (χ2n) is 7.69. The lowest BCUT2D eigenvalue weighted by Gasteiger charge is -2.24. The zero-order valence-electron chi connectivity index (χ0n) is 19.8. The number of nitrogens with zero attached hydrogens (tertiary/aromatic N) is 4. The number of carbonyl (C=O) groups is 2. The summed E-state index contributed by atoms with van der Waals surface area (Å²) in [6.07, 6.45) is 5.86. The maximum atomic E-state index is 12.8. The number of methoxy groups -OCH3 is 2. The number of unbranched alkanes of at least 4 members (excludes halogenated alkanes) is 1. The van der Waals surface area contributed by atoms with Crippen LogP contribution in [0.2, 0.25) is 0 Å². The van der Waals surface area contributed by atoms with Crippen LogP contribution >= 0.6 is 0 Å². The van der Waals surface area contributed by atoms with Crippen molar-refractivity contribution < 1.29 is 19.1 Å². The Balaban J connectivity index is 1.92. The second kappa shape index (κ2) is 12.6. The summed E-state index contributed by atoms with van der Waals surface area (Å²) >= 11 is 0. The molecule has 8 nitrogen and oxygen atoms in total. The molecule has 1 heterocycles. The van der Waals surface area contributed by atoms with Crippen LogP contribution in [0.1, 0.15) is 47.9 Å². The third kappa shape index (κ3) is 7.21. The first kappa shape index (κ1) is 25.1. The van der Waals surface area contributed by atoms with Gasteiger partial charge in [0.2, 0.25) is 5.91 Å². The number of rotatable bonds is 12. The molecule has 8 heteroatoms. The van der Waals surface area contributed by atoms with Crippen molar-refractivity contribution in [3.63, 3.8) is 0 Å². The molecule has 174 valence electrons. The van der Waals surface area contributed by atoms with Crippen molar-refractivity contribution >= 4 is 11.8 Å². The lowest BCUT2D eigenvalue weighted by atomic mass is 10.1. The molecule has 0 N–H and O–H groups in total. The SMILES string of the molecule is CCCCN(CCC(=O)N(C)CCc1ccc(OC)c(OC)c1)C(=O)c1cnc(C)cn1. The molecule has 1 aromatic carbocycles. The minimum absolute atomic E-state index is 0.00485. The van der Waals surface area contributed by atoms with E-state index in [4.69, 9.17) is 9.47 Å². The fraction of sp³-hybridized carbons (Fsp3) is 0.500. The smallest absolute Gasteiger partial charge is 0.274 e. The second-order valence-corrected chi connectivity index (χ2v) is 7.69. The van der Waals surface area contributed by atoms with Gasteiger partial charge in [-0.05, 0) is 37.5 Å². The van der Waals surface area contributed by atoms with E-state index in [-0.39, 0.29) is 18.2 Å². The van der Waals surface area contributed by atoms with Gasteiger partial charge < -0.3 is 19.3 Å². The minimum Gasteiger partial charge on any atom is -0.493 e. The van der Waals surface area contributed by atoms with Gasteiger partial charge >= 0.3 is 0 Å². The molecule has 0 atom stereocenters. The molecule has 2 aromatic rings. The number of carbonyl (C=O) groups excluding carboxylic acids is 2. The Labute approximate surface area is 190 Å². The maximum absolute atomic E-state index is 12.8. The Kier molecular flexibility index (Phi) is 9.91. The first-order valence-corrected chi connectivity index (χ1v) is 10.9. The van der Waals surface area contributed by atoms with Crippen LogP contribution in [0.4, 0.5) is 0 Å². The molecule has 0 radical (unpaired) electrons. The lowest BCUT2D eigenvalue weighted by molar-refractivity contribution is -0.130. The van der Waals surface area contributed by atoms with Crippen LogP contribution < -0.4 is 9.47 Å². The minimum atomic E-state index is -0.188. The molecule has 0 aliphatic carbocycles. The van der Waals surface area contributed by atoms with Gasteiger partial charge in [-0.1, -0.05) is 19.4 Å². The highest BCUT2D eigenvalue weighted by molar-refractivity contribution is 5.92. The highest BCUT2D eigenvalue weighted by Gasteiger charge is 2.19. The summed E-state index contributed by atoms with van der Waals surface area (Å²) in [5.41, 5.74) is 2.12. The third-order valence-corrected chi connectivity index (χ3v) is 5.27. The van der Waals surface area contributed by atoms with Gasteiger partial charge in [0.25, 0.3) is 5.91 Å². The van der Waals surface area contributed by atoms with Gasteiger partial charge in [-0.3, -0.25) is 14.6 Å². The predicted octanol–water partition coefficient (Wildman–Crippen LogP) is 3.14. The third-order valence-electron chi connectivity index (χ3n) is 5.27. The average Bonchev–Trinajstić information content (AvgIpc) is 2.82. The summed E-state index contributed by atoms with van der Waals surface area (Å²) in [6, 6.07) is 5.75. The molecule has 2 rings (SSSR count). The van der Waals surface area contributed by atoms with E-state index in [1.807, 2.05) is 25.1 Å². The van der Waals surface area contributed by atoms with Crippen LogP contribution in [0.5, 0.6) is 11.5 Å². The van der Waals surface area contributed by atoms with Gasteiger partial charge in [0.15, 0.2) is 11.5 Å². The largest absolute Gasteiger partial charge is 0.493 e. The number of benzene rings is 1. The van der Waals surface area contributed by atoms with E-state index in [2.05, 4.69) is 16.9 Å². The zero-order valence-corrected chi connectivity index (χ0v) is 19.8. The number of amides is 2. The molecule has 0 spiro atoms. The molecule has 0 saturated heterocycles. The van der Waals surface area contributed by atoms with Gasteiger partial charge in [-0.25, -0.2) is 4.98 Å². The van der Waals surface area contributed by atoms with Crippen molar-refractivity contribution in [2.75, 3.05) is 40.9 Å². The van der Waals surface area contributed by atoms with Crippen LogP contribution in [0.15, 0.2) is 30.6 Å². The van der Waals surface area contributed by atoms with Crippen LogP contribution in [-0.4, -0.2) is 72.5 Å². The molecule has 1 aromatic heterocycles. The maximum Gasteiger partial charge on any atom is 0.274 e. The van der Waals surface area contributed by atoms with E-state index in [9.17, 15) is 9.59 Å². The van der Waals surface area contributed by atoms with Crippen LogP contribution in [0, 0.1) is 6.92 Å². The number of hydrogen-bond donors (Lipinski definition) is 0. The Bertz CT molecular complexity index is 886. The van der Waals surface area contributed by atoms with Gasteiger partial charge in [0.05, 0.1) is 26.1 Å². The lowest BCUT2D eigenvalue weighted by Crippen LogP contribution is -2.37. The van der Waals surface area contributed by atoms with Crippen molar-refractivity contribution in [3.05, 3.63) is 47.5 Å². The first-order chi connectivity index (χ1) is 15.4. The van der Waals surface area contributed by atoms with E-state index in [0.29, 0.717) is 43.2 Å². The Hall–Kier alpha value is -3.16. The Morgan fingerprint density at radius 1 is 1.00 bits per heavy atom. The fourth-order valence-electron chi connectivity index (χ4n) is 3.21. The Morgan fingerprint density at radius 3 is 2.38 bits per heavy atom. The fourth-order valence-corrected chi connectivity index (χ4v) is 3.21. The summed E-state index contributed by atoms with van der Waals surface area (Å²) in [6.45, 7) is 5.41. The predicted molar refractivity (Wildman–Crippen MR) is 123 cm³/mol. The molecule has 0 unspecified atom stereocenters. The highest BCUT2D eigenvalue weighted by Crippen LogP contribution is 2.27. The number of hydrogen-bond acceptors (Lipinski definition) is 6. The first-order valence-electron chi connectivity index (χ1n) is 10.9. The normalized spacial score (nSPS) is 10.5. The number of ether oxygens (including phenoxy) is 2. The molecule has 0 fully saturated rings. The molecule has 32 heavy (non-hydrogen) atoms. The summed E-state index contributed by atoms with van der Waals surface area (Å²) in [5.74, 6) is 1.15. The van der Waals surface area contributed by atoms with Crippen molar-refractivity contribution in [3.8, 4) is 11.5 Å². The van der Waals surface area contributed by atoms with Crippen LogP contribution in [-0.2, 0) is 11.2 Å². The summed E-state index contributed by atoms with van der Waals surface area (Å²) in [5, 5.41) is 0. The van der Waals surface area contributed by atoms with Gasteiger partial charge in [-0.15, -0.1) is 0 Å². The highest BCUT2D eigenvalue weighted by atomic mass is 16.5. The summed E-state index contributed by atoms with van der Waals surface area (Å²) in [4.78, 5) is 37.3. The molecule has 0 saturated carbocycles. The molecule has 0 bridgehead atoms. The monoisotopic (exact) mass is 442 g/mol. The van der Waals surface area contributed by atoms with Gasteiger partial charge in [0, 0.05) is 39.3 Å². The zero-order chi connectivity index (χ0) is 23.5. The van der Waals surface area contributed by atoms with E-state index < -0.39 is 0 Å². The van der Waals surface area contributed by atoms with Crippen LogP contribution in [0.25, 0.3) is 0 Å². The topological polar surface area (TPSA) is 84.9 Å². The standard InChI is InChI=1S/C24H34N4O4/c1-6-7-12-28(24(30)20-17-25-18(2)16-26-20)14-11-23(29)27(3)13-10-19-8-9-21(31-4)22(15-19)32-5/h8-9,15-17H,6-7,10-14H2,1-5H3. The number of aryl methyl sites for hydroxylation is 1. The molecular formula is C24H34N4O4. The van der Waals surface area contributed by atoms with E-state index in [0.717, 1.165) is 24.1 Å². The summed E-state index contributed by atoms with van der Waals surface area (Å²) in [7, 11) is 4.99. The quantitative estimate of drug-likeness (QED) is 0.502.